The normalized spacial score (nSPS) is 9.76. The Morgan fingerprint density at radius 1 is 1.59 bits per heavy atom. The molecule has 0 fully saturated rings. The lowest BCUT2D eigenvalue weighted by atomic mass is 10.1. The molecule has 5 nitrogen and oxygen atoms in total. The summed E-state index contributed by atoms with van der Waals surface area (Å²) in [7, 11) is 0. The third-order valence-electron chi connectivity index (χ3n) is 2.20. The van der Waals surface area contributed by atoms with Crippen LogP contribution in [0.5, 0.6) is 0 Å². The van der Waals surface area contributed by atoms with E-state index < -0.39 is 0 Å². The summed E-state index contributed by atoms with van der Waals surface area (Å²) in [4.78, 5) is 15.7. The molecule has 0 unspecified atom stereocenters. The van der Waals surface area contributed by atoms with Crippen LogP contribution in [0, 0.1) is 6.92 Å². The van der Waals surface area contributed by atoms with Gasteiger partial charge in [-0.15, -0.1) is 0 Å². The van der Waals surface area contributed by atoms with Gasteiger partial charge in [-0.05, 0) is 25.5 Å². The molecule has 1 amide bonds. The number of nitrogens with one attached hydrogen (secondary N) is 2. The van der Waals surface area contributed by atoms with Crippen molar-refractivity contribution in [2.45, 2.75) is 13.8 Å². The fraction of sp³-hybridized carbons (Fsp3) is 0.364. The van der Waals surface area contributed by atoms with E-state index in [9.17, 15) is 4.79 Å². The van der Waals surface area contributed by atoms with Crippen LogP contribution in [-0.2, 0) is 4.79 Å². The molecule has 0 bridgehead atoms. The summed E-state index contributed by atoms with van der Waals surface area (Å²) in [5.41, 5.74) is 7.25. The van der Waals surface area contributed by atoms with Gasteiger partial charge in [0.2, 0.25) is 5.91 Å². The van der Waals surface area contributed by atoms with Gasteiger partial charge in [0.25, 0.3) is 0 Å². The third kappa shape index (κ3) is 3.67. The Labute approximate surface area is 106 Å². The van der Waals surface area contributed by atoms with E-state index in [0.29, 0.717) is 17.9 Å². The fourth-order valence-electron chi connectivity index (χ4n) is 1.43. The summed E-state index contributed by atoms with van der Waals surface area (Å²) < 4.78 is 0. The Bertz CT molecular complexity index is 433. The van der Waals surface area contributed by atoms with Crippen molar-refractivity contribution >= 4 is 28.9 Å². The number of amides is 1. The van der Waals surface area contributed by atoms with Crippen molar-refractivity contribution in [3.63, 3.8) is 0 Å². The van der Waals surface area contributed by atoms with Gasteiger partial charge in [-0.2, -0.15) is 0 Å². The lowest BCUT2D eigenvalue weighted by Crippen LogP contribution is -2.30. The van der Waals surface area contributed by atoms with Gasteiger partial charge in [0.05, 0.1) is 12.1 Å². The number of hydrogen-bond donors (Lipinski definition) is 3. The van der Waals surface area contributed by atoms with Crippen LogP contribution in [0.3, 0.4) is 0 Å². The van der Waals surface area contributed by atoms with Crippen molar-refractivity contribution in [3.8, 4) is 0 Å². The van der Waals surface area contributed by atoms with Crippen molar-refractivity contribution in [1.29, 1.82) is 0 Å². The number of anilines is 1. The zero-order valence-electron chi connectivity index (χ0n) is 9.91. The smallest absolute Gasteiger partial charge is 0.239 e. The topological polar surface area (TPSA) is 80.0 Å². The highest BCUT2D eigenvalue weighted by Crippen LogP contribution is 2.15. The lowest BCUT2D eigenvalue weighted by molar-refractivity contribution is -0.119. The summed E-state index contributed by atoms with van der Waals surface area (Å²) in [6.07, 6.45) is 1.65. The van der Waals surface area contributed by atoms with E-state index in [0.717, 1.165) is 5.56 Å². The van der Waals surface area contributed by atoms with Crippen LogP contribution in [0.4, 0.5) is 5.82 Å². The zero-order valence-corrected chi connectivity index (χ0v) is 10.7. The molecular formula is C11H16N4OS. The predicted octanol–water partition coefficient (Wildman–Crippen LogP) is 0.572. The minimum atomic E-state index is -0.0929. The van der Waals surface area contributed by atoms with Crippen LogP contribution < -0.4 is 16.4 Å². The third-order valence-corrected chi connectivity index (χ3v) is 2.40. The van der Waals surface area contributed by atoms with Crippen LogP contribution in [0.15, 0.2) is 12.3 Å². The number of nitrogens with zero attached hydrogens (tertiary/aromatic N) is 1. The Hall–Kier alpha value is -1.69. The molecule has 17 heavy (non-hydrogen) atoms. The Morgan fingerprint density at radius 2 is 2.29 bits per heavy atom. The molecule has 0 aliphatic rings. The standard InChI is InChI=1S/C11H16N4OS/c1-3-13-8(16)6-15-11-9(10(12)17)7(2)4-5-14-11/h4-5H,3,6H2,1-2H3,(H2,12,17)(H,13,16)(H,14,15). The van der Waals surface area contributed by atoms with Crippen LogP contribution in [-0.4, -0.2) is 29.0 Å². The second-order valence-corrected chi connectivity index (χ2v) is 3.96. The van der Waals surface area contributed by atoms with Crippen LogP contribution in [0.25, 0.3) is 0 Å². The first kappa shape index (κ1) is 13.4. The maximum Gasteiger partial charge on any atom is 0.239 e. The number of aromatic nitrogens is 1. The average Bonchev–Trinajstić information content (AvgIpc) is 2.26. The molecule has 6 heteroatoms. The number of carbonyl (C=O) groups is 1. The van der Waals surface area contributed by atoms with Gasteiger partial charge in [-0.3, -0.25) is 4.79 Å². The molecule has 1 aromatic rings. The van der Waals surface area contributed by atoms with Gasteiger partial charge < -0.3 is 16.4 Å². The van der Waals surface area contributed by atoms with E-state index >= 15 is 0 Å². The second-order valence-electron chi connectivity index (χ2n) is 3.52. The van der Waals surface area contributed by atoms with Crippen LogP contribution in [0.2, 0.25) is 0 Å². The second kappa shape index (κ2) is 6.15. The molecule has 1 heterocycles. The largest absolute Gasteiger partial charge is 0.389 e. The average molecular weight is 252 g/mol. The van der Waals surface area contributed by atoms with Crippen LogP contribution >= 0.6 is 12.2 Å². The molecule has 0 aromatic carbocycles. The molecule has 1 aromatic heterocycles. The predicted molar refractivity (Wildman–Crippen MR) is 72.0 cm³/mol. The highest BCUT2D eigenvalue weighted by molar-refractivity contribution is 7.80. The van der Waals surface area contributed by atoms with Crippen molar-refractivity contribution < 1.29 is 4.79 Å². The van der Waals surface area contributed by atoms with Crippen LogP contribution in [0.1, 0.15) is 18.1 Å². The Balaban J connectivity index is 2.81. The molecule has 4 N–H and O–H groups in total. The highest BCUT2D eigenvalue weighted by atomic mass is 32.1. The quantitative estimate of drug-likeness (QED) is 0.668. The number of rotatable bonds is 5. The molecule has 92 valence electrons. The fourth-order valence-corrected chi connectivity index (χ4v) is 1.68. The number of likely N-dealkylation sites (N-methyl/N-ethyl adjacent to an activating group) is 1. The van der Waals surface area contributed by atoms with Gasteiger partial charge in [-0.1, -0.05) is 12.2 Å². The van der Waals surface area contributed by atoms with E-state index in [1.165, 1.54) is 0 Å². The van der Waals surface area contributed by atoms with Gasteiger partial charge in [0.15, 0.2) is 0 Å². The number of nitrogens with two attached hydrogens (primary N) is 1. The number of thiocarbonyl (C=S) groups is 1. The first-order valence-corrected chi connectivity index (χ1v) is 5.73. The van der Waals surface area contributed by atoms with E-state index in [2.05, 4.69) is 15.6 Å². The minimum absolute atomic E-state index is 0.0929. The van der Waals surface area contributed by atoms with Gasteiger partial charge in [0, 0.05) is 12.7 Å². The van der Waals surface area contributed by atoms with Crippen molar-refractivity contribution in [3.05, 3.63) is 23.4 Å². The number of carbonyl (C=O) groups excluding carboxylic acids is 1. The van der Waals surface area contributed by atoms with Gasteiger partial charge in [-0.25, -0.2) is 4.98 Å². The maximum absolute atomic E-state index is 11.3. The maximum atomic E-state index is 11.3. The summed E-state index contributed by atoms with van der Waals surface area (Å²) in [5.74, 6) is 0.452. The first-order chi connectivity index (χ1) is 8.06. The molecule has 0 atom stereocenters. The molecule has 1 rings (SSSR count). The minimum Gasteiger partial charge on any atom is -0.389 e. The van der Waals surface area contributed by atoms with E-state index in [1.54, 1.807) is 6.20 Å². The molecule has 0 aliphatic heterocycles. The first-order valence-electron chi connectivity index (χ1n) is 5.32. The summed E-state index contributed by atoms with van der Waals surface area (Å²) >= 11 is 4.97. The van der Waals surface area contributed by atoms with Gasteiger partial charge >= 0.3 is 0 Å². The Kier molecular flexibility index (Phi) is 4.84. The Morgan fingerprint density at radius 3 is 2.88 bits per heavy atom. The molecule has 0 radical (unpaired) electrons. The highest BCUT2D eigenvalue weighted by Gasteiger charge is 2.10. The number of pyridine rings is 1. The molecule has 0 aliphatic carbocycles. The number of aryl methyl sites for hydroxylation is 1. The van der Waals surface area contributed by atoms with Crippen molar-refractivity contribution in [2.75, 3.05) is 18.4 Å². The monoisotopic (exact) mass is 252 g/mol. The molecule has 0 saturated heterocycles. The van der Waals surface area contributed by atoms with E-state index in [-0.39, 0.29) is 17.4 Å². The summed E-state index contributed by atoms with van der Waals surface area (Å²) in [6, 6.07) is 1.83. The molecule has 0 saturated carbocycles. The molecular weight excluding hydrogens is 236 g/mol. The number of hydrogen-bond acceptors (Lipinski definition) is 4. The lowest BCUT2D eigenvalue weighted by Gasteiger charge is -2.11. The summed E-state index contributed by atoms with van der Waals surface area (Å²) in [5, 5.41) is 5.62. The van der Waals surface area contributed by atoms with Crippen molar-refractivity contribution in [2.24, 2.45) is 5.73 Å². The van der Waals surface area contributed by atoms with Crippen molar-refractivity contribution in [1.82, 2.24) is 10.3 Å². The van der Waals surface area contributed by atoms with E-state index in [4.69, 9.17) is 18.0 Å². The van der Waals surface area contributed by atoms with E-state index in [1.807, 2.05) is 19.9 Å². The van der Waals surface area contributed by atoms with Gasteiger partial charge in [0.1, 0.15) is 10.8 Å². The summed E-state index contributed by atoms with van der Waals surface area (Å²) in [6.45, 7) is 4.51. The zero-order chi connectivity index (χ0) is 12.8. The SMILES string of the molecule is CCNC(=O)CNc1nccc(C)c1C(N)=S. The molecule has 0 spiro atoms.